The van der Waals surface area contributed by atoms with Gasteiger partial charge in [-0.05, 0) is 41.8 Å². The fourth-order valence-corrected chi connectivity index (χ4v) is 3.16. The highest BCUT2D eigenvalue weighted by Crippen LogP contribution is 2.30. The summed E-state index contributed by atoms with van der Waals surface area (Å²) in [6.07, 6.45) is 0.254. The maximum Gasteiger partial charge on any atom is 0.410 e. The molecule has 27 heavy (non-hydrogen) atoms. The van der Waals surface area contributed by atoms with E-state index in [2.05, 4.69) is 0 Å². The summed E-state index contributed by atoms with van der Waals surface area (Å²) in [5, 5.41) is 9.95. The predicted molar refractivity (Wildman–Crippen MR) is 98.6 cm³/mol. The van der Waals surface area contributed by atoms with Crippen molar-refractivity contribution in [3.8, 4) is 23.0 Å². The number of hydrogen-bond acceptors (Lipinski definition) is 6. The number of carbonyl (C=O) groups is 1. The van der Waals surface area contributed by atoms with Gasteiger partial charge in [0.25, 0.3) is 0 Å². The average Bonchev–Trinajstić information content (AvgIpc) is 3.01. The quantitative estimate of drug-likeness (QED) is 0.804. The van der Waals surface area contributed by atoms with E-state index in [9.17, 15) is 9.90 Å². The first-order valence-electron chi connectivity index (χ1n) is 8.56. The first-order chi connectivity index (χ1) is 13.0. The molecule has 1 saturated heterocycles. The van der Waals surface area contributed by atoms with Crippen LogP contribution in [0.25, 0.3) is 0 Å². The lowest BCUT2D eigenvalue weighted by atomic mass is 10.0. The van der Waals surface area contributed by atoms with E-state index >= 15 is 0 Å². The fourth-order valence-electron chi connectivity index (χ4n) is 3.16. The molecule has 2 aromatic carbocycles. The summed E-state index contributed by atoms with van der Waals surface area (Å²) in [7, 11) is 4.67. The van der Waals surface area contributed by atoms with Crippen molar-refractivity contribution in [2.24, 2.45) is 0 Å². The van der Waals surface area contributed by atoms with Gasteiger partial charge < -0.3 is 24.1 Å². The second kappa shape index (κ2) is 8.07. The van der Waals surface area contributed by atoms with Crippen LogP contribution in [0.2, 0.25) is 0 Å². The van der Waals surface area contributed by atoms with E-state index in [4.69, 9.17) is 18.9 Å². The van der Waals surface area contributed by atoms with Gasteiger partial charge in [0.2, 0.25) is 0 Å². The highest BCUT2D eigenvalue weighted by Gasteiger charge is 2.33. The predicted octanol–water partition coefficient (Wildman–Crippen LogP) is 2.98. The Morgan fingerprint density at radius 2 is 1.67 bits per heavy atom. The van der Waals surface area contributed by atoms with E-state index in [0.717, 1.165) is 11.1 Å². The van der Waals surface area contributed by atoms with Gasteiger partial charge in [0, 0.05) is 6.54 Å². The third-order valence-electron chi connectivity index (χ3n) is 4.59. The maximum absolute atomic E-state index is 12.2. The average molecular weight is 373 g/mol. The normalized spacial score (nSPS) is 16.2. The van der Waals surface area contributed by atoms with Crippen LogP contribution in [0.5, 0.6) is 23.0 Å². The number of nitrogens with zero attached hydrogens (tertiary/aromatic N) is 1. The summed E-state index contributed by atoms with van der Waals surface area (Å²) in [5.41, 5.74) is 1.81. The molecule has 0 saturated carbocycles. The van der Waals surface area contributed by atoms with Crippen LogP contribution in [0.1, 0.15) is 11.1 Å². The lowest BCUT2D eigenvalue weighted by Crippen LogP contribution is -2.34. The molecular formula is C20H23NO6. The smallest absolute Gasteiger partial charge is 0.410 e. The number of methoxy groups -OCH3 is 3. The van der Waals surface area contributed by atoms with Crippen molar-refractivity contribution >= 4 is 6.09 Å². The Bertz CT molecular complexity index is 822. The molecule has 1 fully saturated rings. The van der Waals surface area contributed by atoms with Crippen LogP contribution in [0.15, 0.2) is 36.4 Å². The molecule has 1 aliphatic heterocycles. The monoisotopic (exact) mass is 373 g/mol. The largest absolute Gasteiger partial charge is 0.504 e. The fraction of sp³-hybridized carbons (Fsp3) is 0.350. The summed E-state index contributed by atoms with van der Waals surface area (Å²) in [4.78, 5) is 13.8. The van der Waals surface area contributed by atoms with Crippen LogP contribution >= 0.6 is 0 Å². The first-order valence-corrected chi connectivity index (χ1v) is 8.56. The number of aromatic hydroxyl groups is 1. The molecule has 1 aliphatic rings. The molecule has 0 radical (unpaired) electrons. The molecule has 0 spiro atoms. The molecule has 1 N–H and O–H groups in total. The highest BCUT2D eigenvalue weighted by atomic mass is 16.6. The first kappa shape index (κ1) is 18.7. The zero-order valence-electron chi connectivity index (χ0n) is 15.6. The molecule has 7 nitrogen and oxygen atoms in total. The lowest BCUT2D eigenvalue weighted by Gasteiger charge is -2.22. The Hall–Kier alpha value is -3.09. The highest BCUT2D eigenvalue weighted by molar-refractivity contribution is 5.70. The summed E-state index contributed by atoms with van der Waals surface area (Å²) in [5.74, 6) is 1.74. The van der Waals surface area contributed by atoms with Crippen LogP contribution in [0, 0.1) is 0 Å². The summed E-state index contributed by atoms with van der Waals surface area (Å²) < 4.78 is 20.9. The van der Waals surface area contributed by atoms with Crippen molar-refractivity contribution in [2.75, 3.05) is 27.9 Å². The SMILES string of the molecule is COc1ccc(CN2C(=O)OCC2Cc2ccc(OC)c(OC)c2)cc1O. The molecule has 0 aromatic heterocycles. The number of rotatable bonds is 7. The molecule has 3 rings (SSSR count). The summed E-state index contributed by atoms with van der Waals surface area (Å²) in [6, 6.07) is 10.7. The Balaban J connectivity index is 1.75. The Labute approximate surface area is 158 Å². The molecular weight excluding hydrogens is 350 g/mol. The van der Waals surface area contributed by atoms with E-state index in [1.54, 1.807) is 31.3 Å². The number of phenols is 1. The molecule has 7 heteroatoms. The number of phenolic OH excluding ortho intramolecular Hbond substituents is 1. The van der Waals surface area contributed by atoms with Crippen molar-refractivity contribution in [2.45, 2.75) is 19.0 Å². The number of cyclic esters (lactones) is 1. The Morgan fingerprint density at radius 1 is 1.00 bits per heavy atom. The topological polar surface area (TPSA) is 77.5 Å². The molecule has 2 aromatic rings. The van der Waals surface area contributed by atoms with Crippen molar-refractivity contribution < 1.29 is 28.8 Å². The van der Waals surface area contributed by atoms with Crippen LogP contribution < -0.4 is 14.2 Å². The van der Waals surface area contributed by atoms with Crippen molar-refractivity contribution in [1.82, 2.24) is 4.90 Å². The molecule has 144 valence electrons. The molecule has 0 aliphatic carbocycles. The standard InChI is InChI=1S/C20H23NO6/c1-24-17-6-5-14(9-16(17)22)11-21-15(12-27-20(21)23)8-13-4-7-18(25-2)19(10-13)26-3/h4-7,9-10,15,22H,8,11-12H2,1-3H3. The Morgan fingerprint density at radius 3 is 2.33 bits per heavy atom. The van der Waals surface area contributed by atoms with Gasteiger partial charge in [0.15, 0.2) is 23.0 Å². The number of benzene rings is 2. The van der Waals surface area contributed by atoms with Crippen molar-refractivity contribution in [3.05, 3.63) is 47.5 Å². The van der Waals surface area contributed by atoms with E-state index in [1.165, 1.54) is 7.11 Å². The molecule has 1 heterocycles. The van der Waals surface area contributed by atoms with Crippen LogP contribution in [-0.2, 0) is 17.7 Å². The van der Waals surface area contributed by atoms with Crippen molar-refractivity contribution in [1.29, 1.82) is 0 Å². The molecule has 1 atom stereocenters. The van der Waals surface area contributed by atoms with E-state index in [-0.39, 0.29) is 17.9 Å². The van der Waals surface area contributed by atoms with Crippen LogP contribution in [-0.4, -0.2) is 50.1 Å². The number of carbonyl (C=O) groups excluding carboxylic acids is 1. The minimum atomic E-state index is -0.365. The zero-order valence-corrected chi connectivity index (χ0v) is 15.6. The van der Waals surface area contributed by atoms with Crippen LogP contribution in [0.3, 0.4) is 0 Å². The third-order valence-corrected chi connectivity index (χ3v) is 4.59. The van der Waals surface area contributed by atoms with Gasteiger partial charge in [-0.2, -0.15) is 0 Å². The third kappa shape index (κ3) is 4.02. The lowest BCUT2D eigenvalue weighted by molar-refractivity contribution is 0.156. The number of ether oxygens (including phenoxy) is 4. The van der Waals surface area contributed by atoms with E-state index < -0.39 is 0 Å². The number of amides is 1. The van der Waals surface area contributed by atoms with Gasteiger partial charge in [0.1, 0.15) is 6.61 Å². The van der Waals surface area contributed by atoms with Gasteiger partial charge >= 0.3 is 6.09 Å². The van der Waals surface area contributed by atoms with Gasteiger partial charge in [-0.25, -0.2) is 4.79 Å². The minimum Gasteiger partial charge on any atom is -0.504 e. The van der Waals surface area contributed by atoms with Gasteiger partial charge in [-0.15, -0.1) is 0 Å². The Kier molecular flexibility index (Phi) is 5.59. The van der Waals surface area contributed by atoms with E-state index in [0.29, 0.717) is 36.8 Å². The van der Waals surface area contributed by atoms with E-state index in [1.807, 2.05) is 24.3 Å². The molecule has 1 unspecified atom stereocenters. The molecule has 1 amide bonds. The molecule has 0 bridgehead atoms. The van der Waals surface area contributed by atoms with Gasteiger partial charge in [0.05, 0.1) is 27.4 Å². The van der Waals surface area contributed by atoms with Gasteiger partial charge in [-0.1, -0.05) is 12.1 Å². The maximum atomic E-state index is 12.2. The summed E-state index contributed by atoms with van der Waals surface area (Å²) >= 11 is 0. The van der Waals surface area contributed by atoms with Crippen molar-refractivity contribution in [3.63, 3.8) is 0 Å². The van der Waals surface area contributed by atoms with Gasteiger partial charge in [-0.3, -0.25) is 4.90 Å². The minimum absolute atomic E-state index is 0.0407. The summed E-state index contributed by atoms with van der Waals surface area (Å²) in [6.45, 7) is 0.656. The second-order valence-corrected chi connectivity index (χ2v) is 6.26. The second-order valence-electron chi connectivity index (χ2n) is 6.26. The zero-order chi connectivity index (χ0) is 19.4. The number of hydrogen-bond donors (Lipinski definition) is 1. The van der Waals surface area contributed by atoms with Crippen LogP contribution in [0.4, 0.5) is 4.79 Å².